The van der Waals surface area contributed by atoms with Crippen LogP contribution in [0.5, 0.6) is 0 Å². The third-order valence-electron chi connectivity index (χ3n) is 2.53. The van der Waals surface area contributed by atoms with Crippen molar-refractivity contribution in [2.24, 2.45) is 0 Å². The summed E-state index contributed by atoms with van der Waals surface area (Å²) in [7, 11) is 0. The molecule has 0 saturated carbocycles. The van der Waals surface area contributed by atoms with Gasteiger partial charge in [-0.2, -0.15) is 11.3 Å². The first-order valence-corrected chi connectivity index (χ1v) is 7.05. The number of halogens is 1. The molecule has 0 bridgehead atoms. The van der Waals surface area contributed by atoms with Crippen molar-refractivity contribution in [3.8, 4) is 21.7 Å². The van der Waals surface area contributed by atoms with Crippen molar-refractivity contribution in [2.75, 3.05) is 5.73 Å². The van der Waals surface area contributed by atoms with Crippen LogP contribution < -0.4 is 5.73 Å². The quantitative estimate of drug-likeness (QED) is 0.759. The second-order valence-electron chi connectivity index (χ2n) is 3.75. The van der Waals surface area contributed by atoms with Crippen LogP contribution in [-0.4, -0.2) is 4.98 Å². The van der Waals surface area contributed by atoms with Gasteiger partial charge in [-0.3, -0.25) is 0 Å². The Kier molecular flexibility index (Phi) is 2.85. The van der Waals surface area contributed by atoms with Crippen LogP contribution in [0, 0.1) is 5.82 Å². The molecule has 0 saturated heterocycles. The zero-order chi connectivity index (χ0) is 12.5. The molecule has 90 valence electrons. The van der Waals surface area contributed by atoms with Gasteiger partial charge in [0.2, 0.25) is 0 Å². The number of benzene rings is 1. The van der Waals surface area contributed by atoms with E-state index in [0.717, 1.165) is 21.7 Å². The topological polar surface area (TPSA) is 38.9 Å². The predicted molar refractivity (Wildman–Crippen MR) is 75.2 cm³/mol. The van der Waals surface area contributed by atoms with E-state index in [9.17, 15) is 4.39 Å². The van der Waals surface area contributed by atoms with Crippen molar-refractivity contribution >= 4 is 27.8 Å². The fourth-order valence-electron chi connectivity index (χ4n) is 1.76. The Morgan fingerprint density at radius 2 is 2.06 bits per heavy atom. The molecule has 2 nitrogen and oxygen atoms in total. The molecule has 1 aromatic carbocycles. The smallest absolute Gasteiger partial charge is 0.181 e. The van der Waals surface area contributed by atoms with Crippen LogP contribution in [0.25, 0.3) is 21.7 Å². The Balaban J connectivity index is 2.18. The van der Waals surface area contributed by atoms with Gasteiger partial charge in [-0.1, -0.05) is 23.5 Å². The van der Waals surface area contributed by atoms with Crippen molar-refractivity contribution in [2.45, 2.75) is 0 Å². The molecule has 0 amide bonds. The lowest BCUT2D eigenvalue weighted by molar-refractivity contribution is 0.628. The Bertz CT molecular complexity index is 674. The molecule has 2 heterocycles. The number of hydrogen-bond donors (Lipinski definition) is 1. The van der Waals surface area contributed by atoms with Crippen molar-refractivity contribution in [3.05, 3.63) is 46.9 Å². The summed E-state index contributed by atoms with van der Waals surface area (Å²) in [5, 5.41) is 4.49. The average Bonchev–Trinajstić information content (AvgIpc) is 2.97. The first-order chi connectivity index (χ1) is 8.74. The number of aromatic nitrogens is 1. The van der Waals surface area contributed by atoms with E-state index >= 15 is 0 Å². The van der Waals surface area contributed by atoms with E-state index in [-0.39, 0.29) is 5.82 Å². The van der Waals surface area contributed by atoms with Crippen LogP contribution in [0.4, 0.5) is 9.52 Å². The number of nitrogen functional groups attached to an aromatic ring is 1. The van der Waals surface area contributed by atoms with E-state index in [1.807, 2.05) is 22.9 Å². The molecular formula is C13H9FN2S2. The largest absolute Gasteiger partial charge is 0.375 e. The fraction of sp³-hybridized carbons (Fsp3) is 0. The zero-order valence-electron chi connectivity index (χ0n) is 9.26. The van der Waals surface area contributed by atoms with Gasteiger partial charge in [-0.15, -0.1) is 0 Å². The monoisotopic (exact) mass is 276 g/mol. The molecule has 0 radical (unpaired) electrons. The molecule has 0 unspecified atom stereocenters. The lowest BCUT2D eigenvalue weighted by atomic mass is 10.1. The van der Waals surface area contributed by atoms with Gasteiger partial charge in [-0.05, 0) is 29.1 Å². The molecule has 0 aliphatic carbocycles. The minimum atomic E-state index is -0.254. The molecule has 0 fully saturated rings. The van der Waals surface area contributed by atoms with Crippen LogP contribution in [0.2, 0.25) is 0 Å². The van der Waals surface area contributed by atoms with Gasteiger partial charge >= 0.3 is 0 Å². The highest BCUT2D eigenvalue weighted by molar-refractivity contribution is 7.19. The number of anilines is 1. The molecule has 3 rings (SSSR count). The van der Waals surface area contributed by atoms with Crippen LogP contribution in [0.1, 0.15) is 0 Å². The highest BCUT2D eigenvalue weighted by Crippen LogP contribution is 2.38. The standard InChI is InChI=1S/C13H9FN2S2/c14-10-3-1-2-8(6-10)12-11(16-13(15)18-12)9-4-5-17-7-9/h1-7H,(H2,15,16). The highest BCUT2D eigenvalue weighted by atomic mass is 32.1. The van der Waals surface area contributed by atoms with Gasteiger partial charge < -0.3 is 5.73 Å². The maximum atomic E-state index is 13.3. The maximum absolute atomic E-state index is 13.3. The third-order valence-corrected chi connectivity index (χ3v) is 4.14. The van der Waals surface area contributed by atoms with E-state index in [1.165, 1.54) is 23.5 Å². The molecule has 18 heavy (non-hydrogen) atoms. The van der Waals surface area contributed by atoms with E-state index in [1.54, 1.807) is 17.4 Å². The van der Waals surface area contributed by atoms with E-state index in [0.29, 0.717) is 5.13 Å². The van der Waals surface area contributed by atoms with Crippen LogP contribution in [0.15, 0.2) is 41.1 Å². The predicted octanol–water partition coefficient (Wildman–Crippen LogP) is 4.26. The lowest BCUT2D eigenvalue weighted by Crippen LogP contribution is -1.83. The van der Waals surface area contributed by atoms with Crippen molar-refractivity contribution < 1.29 is 4.39 Å². The summed E-state index contributed by atoms with van der Waals surface area (Å²) < 4.78 is 13.3. The highest BCUT2D eigenvalue weighted by Gasteiger charge is 2.14. The van der Waals surface area contributed by atoms with Gasteiger partial charge in [0.15, 0.2) is 5.13 Å². The molecule has 0 atom stereocenters. The molecule has 2 aromatic heterocycles. The number of hydrogen-bond acceptors (Lipinski definition) is 4. The fourth-order valence-corrected chi connectivity index (χ4v) is 3.25. The van der Waals surface area contributed by atoms with Crippen molar-refractivity contribution in [1.29, 1.82) is 0 Å². The Morgan fingerprint density at radius 3 is 2.78 bits per heavy atom. The Labute approximate surface area is 112 Å². The lowest BCUT2D eigenvalue weighted by Gasteiger charge is -2.00. The summed E-state index contributed by atoms with van der Waals surface area (Å²) in [5.74, 6) is -0.254. The number of rotatable bonds is 2. The number of thiazole rings is 1. The summed E-state index contributed by atoms with van der Waals surface area (Å²) >= 11 is 2.98. The number of thiophene rings is 1. The summed E-state index contributed by atoms with van der Waals surface area (Å²) in [6.07, 6.45) is 0. The normalized spacial score (nSPS) is 10.7. The first-order valence-electron chi connectivity index (χ1n) is 5.29. The third kappa shape index (κ3) is 2.02. The first kappa shape index (κ1) is 11.4. The number of nitrogens with zero attached hydrogens (tertiary/aromatic N) is 1. The van der Waals surface area contributed by atoms with E-state index in [4.69, 9.17) is 5.73 Å². The average molecular weight is 276 g/mol. The summed E-state index contributed by atoms with van der Waals surface area (Å²) in [4.78, 5) is 5.25. The second-order valence-corrected chi connectivity index (χ2v) is 5.56. The van der Waals surface area contributed by atoms with Crippen LogP contribution in [0.3, 0.4) is 0 Å². The van der Waals surface area contributed by atoms with E-state index < -0.39 is 0 Å². The van der Waals surface area contributed by atoms with E-state index in [2.05, 4.69) is 4.98 Å². The summed E-state index contributed by atoms with van der Waals surface area (Å²) in [6.45, 7) is 0. The zero-order valence-corrected chi connectivity index (χ0v) is 10.9. The molecule has 3 aromatic rings. The molecule has 0 spiro atoms. The van der Waals surface area contributed by atoms with Gasteiger partial charge in [0.25, 0.3) is 0 Å². The van der Waals surface area contributed by atoms with Crippen LogP contribution >= 0.6 is 22.7 Å². The summed E-state index contributed by atoms with van der Waals surface area (Å²) in [6, 6.07) is 8.48. The SMILES string of the molecule is Nc1nc(-c2ccsc2)c(-c2cccc(F)c2)s1. The molecule has 0 aliphatic rings. The van der Waals surface area contributed by atoms with Crippen LogP contribution in [-0.2, 0) is 0 Å². The Morgan fingerprint density at radius 1 is 1.17 bits per heavy atom. The van der Waals surface area contributed by atoms with Gasteiger partial charge in [0.1, 0.15) is 5.82 Å². The second kappa shape index (κ2) is 4.51. The minimum absolute atomic E-state index is 0.254. The molecule has 2 N–H and O–H groups in total. The van der Waals surface area contributed by atoms with Gasteiger partial charge in [-0.25, -0.2) is 9.37 Å². The Hall–Kier alpha value is -1.72. The maximum Gasteiger partial charge on any atom is 0.181 e. The molecule has 0 aliphatic heterocycles. The minimum Gasteiger partial charge on any atom is -0.375 e. The van der Waals surface area contributed by atoms with Gasteiger partial charge in [0.05, 0.1) is 10.6 Å². The van der Waals surface area contributed by atoms with Crippen molar-refractivity contribution in [3.63, 3.8) is 0 Å². The molecule has 5 heteroatoms. The van der Waals surface area contributed by atoms with Crippen molar-refractivity contribution in [1.82, 2.24) is 4.98 Å². The summed E-state index contributed by atoms with van der Waals surface area (Å²) in [5.41, 5.74) is 8.43. The van der Waals surface area contributed by atoms with Gasteiger partial charge in [0, 0.05) is 10.9 Å². The number of nitrogens with two attached hydrogens (primary N) is 1. The molecular weight excluding hydrogens is 267 g/mol.